The number of halogens is 2. The van der Waals surface area contributed by atoms with Crippen LogP contribution in [0.2, 0.25) is 0 Å². The predicted octanol–water partition coefficient (Wildman–Crippen LogP) is 3.11. The van der Waals surface area contributed by atoms with Gasteiger partial charge in [0.15, 0.2) is 6.10 Å². The second kappa shape index (κ2) is 8.35. The molecule has 1 heterocycles. The number of benzene rings is 2. The van der Waals surface area contributed by atoms with Gasteiger partial charge in [-0.05, 0) is 28.8 Å². The van der Waals surface area contributed by atoms with Gasteiger partial charge >= 0.3 is 6.11 Å². The summed E-state index contributed by atoms with van der Waals surface area (Å²) < 4.78 is 35.0. The molecule has 0 bridgehead atoms. The molecule has 0 spiro atoms. The fourth-order valence-electron chi connectivity index (χ4n) is 2.72. The Hall–Kier alpha value is -3.00. The number of hydrogen-bond acceptors (Lipinski definition) is 5. The third-order valence-corrected chi connectivity index (χ3v) is 4.42. The fourth-order valence-corrected chi connectivity index (χ4v) is 2.72. The first-order valence-corrected chi connectivity index (χ1v) is 8.67. The van der Waals surface area contributed by atoms with Crippen LogP contribution in [0.4, 0.5) is 8.78 Å². The molecule has 0 radical (unpaired) electrons. The van der Waals surface area contributed by atoms with Gasteiger partial charge in [-0.25, -0.2) is 0 Å². The highest BCUT2D eigenvalue weighted by Crippen LogP contribution is 2.42. The largest absolute Gasteiger partial charge is 0.497 e. The molecule has 1 aliphatic rings. The van der Waals surface area contributed by atoms with Gasteiger partial charge in [-0.2, -0.15) is 8.78 Å². The summed E-state index contributed by atoms with van der Waals surface area (Å²) in [6.07, 6.45) is -4.33. The van der Waals surface area contributed by atoms with E-state index in [-0.39, 0.29) is 24.5 Å². The molecular formula is C20H20F2N2O4. The SMILES string of the molecule is COc1ccc(CC(=O)NCc2ccc(/C(CC3OC3(F)F)=N/O)cc2)cc1. The monoisotopic (exact) mass is 390 g/mol. The van der Waals surface area contributed by atoms with Gasteiger partial charge in [-0.3, -0.25) is 4.79 Å². The molecule has 1 aliphatic heterocycles. The van der Waals surface area contributed by atoms with Crippen molar-refractivity contribution in [2.45, 2.75) is 31.6 Å². The summed E-state index contributed by atoms with van der Waals surface area (Å²) in [6.45, 7) is 0.324. The van der Waals surface area contributed by atoms with Crippen LogP contribution in [0.1, 0.15) is 23.1 Å². The average Bonchev–Trinajstić information content (AvgIpc) is 3.31. The molecule has 3 rings (SSSR count). The van der Waals surface area contributed by atoms with E-state index in [9.17, 15) is 13.6 Å². The molecular weight excluding hydrogens is 370 g/mol. The van der Waals surface area contributed by atoms with E-state index in [4.69, 9.17) is 9.94 Å². The molecule has 0 saturated carbocycles. The van der Waals surface area contributed by atoms with E-state index in [1.807, 2.05) is 12.1 Å². The van der Waals surface area contributed by atoms with Crippen LogP contribution in [-0.4, -0.2) is 36.1 Å². The highest BCUT2D eigenvalue weighted by molar-refractivity contribution is 6.00. The smallest absolute Gasteiger partial charge is 0.383 e. The molecule has 1 amide bonds. The van der Waals surface area contributed by atoms with Crippen molar-refractivity contribution in [1.29, 1.82) is 0 Å². The lowest BCUT2D eigenvalue weighted by Gasteiger charge is -2.08. The van der Waals surface area contributed by atoms with Crippen molar-refractivity contribution in [3.8, 4) is 5.75 Å². The summed E-state index contributed by atoms with van der Waals surface area (Å²) in [5.74, 6) is 0.604. The topological polar surface area (TPSA) is 83.5 Å². The zero-order valence-corrected chi connectivity index (χ0v) is 15.2. The van der Waals surface area contributed by atoms with Gasteiger partial charge < -0.3 is 20.0 Å². The first kappa shape index (κ1) is 19.8. The number of rotatable bonds is 8. The van der Waals surface area contributed by atoms with Gasteiger partial charge in [0, 0.05) is 13.0 Å². The first-order valence-electron chi connectivity index (χ1n) is 8.67. The van der Waals surface area contributed by atoms with Gasteiger partial charge in [0.05, 0.1) is 19.2 Å². The minimum absolute atomic E-state index is 0.122. The van der Waals surface area contributed by atoms with Crippen molar-refractivity contribution in [2.75, 3.05) is 7.11 Å². The molecule has 0 aliphatic carbocycles. The molecule has 6 nitrogen and oxygen atoms in total. The Labute approximate surface area is 160 Å². The van der Waals surface area contributed by atoms with Crippen molar-refractivity contribution in [2.24, 2.45) is 5.16 Å². The standard InChI is InChI=1S/C20H20F2N2O4/c1-27-16-8-4-13(5-9-16)10-19(25)23-12-14-2-6-15(7-3-14)17(24-26)11-18-20(21,22)28-18/h2-9,18,26H,10-12H2,1H3,(H,23,25)/b24-17+. The average molecular weight is 390 g/mol. The zero-order valence-electron chi connectivity index (χ0n) is 15.2. The maximum atomic E-state index is 12.8. The Bertz CT molecular complexity index is 852. The molecule has 1 saturated heterocycles. The van der Waals surface area contributed by atoms with Crippen LogP contribution in [0.3, 0.4) is 0 Å². The predicted molar refractivity (Wildman–Crippen MR) is 97.7 cm³/mol. The van der Waals surface area contributed by atoms with E-state index < -0.39 is 12.2 Å². The maximum Gasteiger partial charge on any atom is 0.383 e. The van der Waals surface area contributed by atoms with Crippen LogP contribution < -0.4 is 10.1 Å². The van der Waals surface area contributed by atoms with E-state index in [0.29, 0.717) is 12.1 Å². The van der Waals surface area contributed by atoms with E-state index >= 15 is 0 Å². The number of methoxy groups -OCH3 is 1. The van der Waals surface area contributed by atoms with Gasteiger partial charge in [0.2, 0.25) is 5.91 Å². The normalized spacial score (nSPS) is 17.8. The molecule has 8 heteroatoms. The Morgan fingerprint density at radius 1 is 1.18 bits per heavy atom. The lowest BCUT2D eigenvalue weighted by Crippen LogP contribution is -2.24. The lowest BCUT2D eigenvalue weighted by atomic mass is 10.0. The number of nitrogens with one attached hydrogen (secondary N) is 1. The van der Waals surface area contributed by atoms with E-state index in [2.05, 4.69) is 15.2 Å². The van der Waals surface area contributed by atoms with Gasteiger partial charge in [0.25, 0.3) is 0 Å². The molecule has 1 fully saturated rings. The van der Waals surface area contributed by atoms with E-state index in [1.54, 1.807) is 43.5 Å². The molecule has 1 atom stereocenters. The van der Waals surface area contributed by atoms with Gasteiger partial charge in [-0.15, -0.1) is 0 Å². The highest BCUT2D eigenvalue weighted by Gasteiger charge is 2.59. The number of hydrogen-bond donors (Lipinski definition) is 2. The number of carbonyl (C=O) groups excluding carboxylic acids is 1. The number of ether oxygens (including phenoxy) is 2. The minimum Gasteiger partial charge on any atom is -0.497 e. The summed E-state index contributed by atoms with van der Waals surface area (Å²) in [5.41, 5.74) is 2.34. The van der Waals surface area contributed by atoms with E-state index in [1.165, 1.54) is 0 Å². The van der Waals surface area contributed by atoms with Crippen LogP contribution in [0, 0.1) is 0 Å². The van der Waals surface area contributed by atoms with Crippen molar-refractivity contribution < 1.29 is 28.3 Å². The molecule has 2 aromatic carbocycles. The number of alkyl halides is 2. The van der Waals surface area contributed by atoms with Gasteiger partial charge in [0.1, 0.15) is 5.75 Å². The van der Waals surface area contributed by atoms with Crippen LogP contribution in [0.5, 0.6) is 5.75 Å². The van der Waals surface area contributed by atoms with Crippen LogP contribution >= 0.6 is 0 Å². The molecule has 148 valence electrons. The Morgan fingerprint density at radius 3 is 2.32 bits per heavy atom. The van der Waals surface area contributed by atoms with Crippen molar-refractivity contribution in [3.63, 3.8) is 0 Å². The number of epoxide rings is 1. The number of nitrogens with zero attached hydrogens (tertiary/aromatic N) is 1. The van der Waals surface area contributed by atoms with Crippen LogP contribution in [0.15, 0.2) is 53.7 Å². The number of amides is 1. The number of oxime groups is 1. The lowest BCUT2D eigenvalue weighted by molar-refractivity contribution is -0.120. The summed E-state index contributed by atoms with van der Waals surface area (Å²) in [7, 11) is 1.58. The van der Waals surface area contributed by atoms with E-state index in [0.717, 1.165) is 16.9 Å². The summed E-state index contributed by atoms with van der Waals surface area (Å²) >= 11 is 0. The fraction of sp³-hybridized carbons (Fsp3) is 0.300. The minimum atomic E-state index is -3.15. The summed E-state index contributed by atoms with van der Waals surface area (Å²) in [5, 5.41) is 15.0. The Kier molecular flexibility index (Phi) is 5.89. The van der Waals surface area contributed by atoms with Crippen LogP contribution in [0.25, 0.3) is 0 Å². The van der Waals surface area contributed by atoms with Crippen molar-refractivity contribution >= 4 is 11.6 Å². The van der Waals surface area contributed by atoms with Gasteiger partial charge in [-0.1, -0.05) is 41.6 Å². The van der Waals surface area contributed by atoms with Crippen molar-refractivity contribution in [3.05, 3.63) is 65.2 Å². The Balaban J connectivity index is 1.50. The summed E-state index contributed by atoms with van der Waals surface area (Å²) in [4.78, 5) is 12.1. The third-order valence-electron chi connectivity index (χ3n) is 4.42. The zero-order chi connectivity index (χ0) is 20.1. The van der Waals surface area contributed by atoms with Crippen LogP contribution in [-0.2, 0) is 22.5 Å². The first-order chi connectivity index (χ1) is 13.4. The number of carbonyl (C=O) groups is 1. The molecule has 28 heavy (non-hydrogen) atoms. The Morgan fingerprint density at radius 2 is 1.79 bits per heavy atom. The quantitative estimate of drug-likeness (QED) is 0.314. The maximum absolute atomic E-state index is 12.8. The summed E-state index contributed by atoms with van der Waals surface area (Å²) in [6, 6.07) is 14.0. The second-order valence-corrected chi connectivity index (χ2v) is 6.42. The second-order valence-electron chi connectivity index (χ2n) is 6.42. The molecule has 0 aromatic heterocycles. The molecule has 2 N–H and O–H groups in total. The third kappa shape index (κ3) is 5.04. The van der Waals surface area contributed by atoms with Crippen molar-refractivity contribution in [1.82, 2.24) is 5.32 Å². The highest BCUT2D eigenvalue weighted by atomic mass is 19.3. The molecule has 1 unspecified atom stereocenters. The molecule has 2 aromatic rings.